The zero-order valence-electron chi connectivity index (χ0n) is 10.7. The van der Waals surface area contributed by atoms with Crippen molar-refractivity contribution in [1.29, 1.82) is 0 Å². The van der Waals surface area contributed by atoms with Crippen molar-refractivity contribution < 1.29 is 0 Å². The number of hydrogen-bond acceptors (Lipinski definition) is 1. The third-order valence-corrected chi connectivity index (χ3v) is 4.10. The van der Waals surface area contributed by atoms with E-state index in [0.717, 1.165) is 21.3 Å². The summed E-state index contributed by atoms with van der Waals surface area (Å²) in [4.78, 5) is 0. The van der Waals surface area contributed by atoms with Gasteiger partial charge in [0.05, 0.1) is 0 Å². The number of benzene rings is 1. The minimum absolute atomic E-state index is 0.107. The molecule has 0 aliphatic rings. The molecule has 1 aromatic rings. The van der Waals surface area contributed by atoms with Crippen LogP contribution in [0.3, 0.4) is 0 Å². The maximum Gasteiger partial charge on any atom is 0.0309 e. The summed E-state index contributed by atoms with van der Waals surface area (Å²) in [6, 6.07) is 6.29. The van der Waals surface area contributed by atoms with Crippen LogP contribution in [0.5, 0.6) is 0 Å². The average molecular weight is 363 g/mol. The van der Waals surface area contributed by atoms with Gasteiger partial charge in [-0.05, 0) is 48.4 Å². The molecule has 0 aromatic heterocycles. The molecule has 1 nitrogen and oxygen atoms in total. The highest BCUT2D eigenvalue weighted by molar-refractivity contribution is 9.11. The van der Waals surface area contributed by atoms with Gasteiger partial charge in [0.1, 0.15) is 0 Å². The van der Waals surface area contributed by atoms with E-state index in [2.05, 4.69) is 58.7 Å². The van der Waals surface area contributed by atoms with Crippen LogP contribution in [0.15, 0.2) is 27.1 Å². The van der Waals surface area contributed by atoms with E-state index >= 15 is 0 Å². The molecule has 2 N–H and O–H groups in total. The van der Waals surface area contributed by atoms with Crippen LogP contribution in [0.2, 0.25) is 0 Å². The quantitative estimate of drug-likeness (QED) is 0.757. The molecule has 17 heavy (non-hydrogen) atoms. The van der Waals surface area contributed by atoms with Crippen LogP contribution in [0, 0.1) is 11.8 Å². The molecule has 0 saturated heterocycles. The first-order valence-corrected chi connectivity index (χ1v) is 7.69. The van der Waals surface area contributed by atoms with Gasteiger partial charge in [-0.15, -0.1) is 0 Å². The second kappa shape index (κ2) is 6.91. The Morgan fingerprint density at radius 1 is 1.12 bits per heavy atom. The summed E-state index contributed by atoms with van der Waals surface area (Å²) in [6.07, 6.45) is 2.27. The molecule has 0 aliphatic heterocycles. The Morgan fingerprint density at radius 3 is 2.35 bits per heavy atom. The summed E-state index contributed by atoms with van der Waals surface area (Å²) in [5.41, 5.74) is 7.48. The third-order valence-electron chi connectivity index (χ3n) is 2.89. The molecule has 1 rings (SSSR count). The summed E-state index contributed by atoms with van der Waals surface area (Å²) in [5.74, 6) is 1.40. The van der Waals surface area contributed by atoms with Crippen molar-refractivity contribution in [2.24, 2.45) is 17.6 Å². The lowest BCUT2D eigenvalue weighted by molar-refractivity contribution is 0.387. The molecule has 2 unspecified atom stereocenters. The van der Waals surface area contributed by atoms with Crippen molar-refractivity contribution in [1.82, 2.24) is 0 Å². The van der Waals surface area contributed by atoms with E-state index < -0.39 is 0 Å². The number of halogens is 2. The lowest BCUT2D eigenvalue weighted by atomic mass is 9.90. The zero-order valence-corrected chi connectivity index (χ0v) is 13.9. The van der Waals surface area contributed by atoms with Crippen LogP contribution in [-0.2, 0) is 0 Å². The first-order valence-electron chi connectivity index (χ1n) is 6.10. The van der Waals surface area contributed by atoms with Crippen LogP contribution < -0.4 is 5.73 Å². The summed E-state index contributed by atoms with van der Waals surface area (Å²) < 4.78 is 2.19. The zero-order chi connectivity index (χ0) is 13.0. The molecule has 1 aromatic carbocycles. The number of nitrogens with two attached hydrogens (primary N) is 1. The SMILES string of the molecule is CC(C)CC(C)CC(N)c1cc(Br)ccc1Br. The topological polar surface area (TPSA) is 26.0 Å². The van der Waals surface area contributed by atoms with Crippen molar-refractivity contribution in [2.45, 2.75) is 39.7 Å². The molecule has 0 bridgehead atoms. The van der Waals surface area contributed by atoms with Crippen LogP contribution in [0.1, 0.15) is 45.2 Å². The summed E-state index contributed by atoms with van der Waals surface area (Å²) in [5, 5.41) is 0. The van der Waals surface area contributed by atoms with E-state index in [1.54, 1.807) is 0 Å². The molecule has 2 atom stereocenters. The highest BCUT2D eigenvalue weighted by Gasteiger charge is 2.15. The van der Waals surface area contributed by atoms with E-state index in [9.17, 15) is 0 Å². The Labute approximate surface area is 121 Å². The van der Waals surface area contributed by atoms with Crippen LogP contribution in [0.4, 0.5) is 0 Å². The Morgan fingerprint density at radius 2 is 1.76 bits per heavy atom. The minimum Gasteiger partial charge on any atom is -0.324 e. The Bertz CT molecular complexity index is 363. The van der Waals surface area contributed by atoms with Gasteiger partial charge in [0.25, 0.3) is 0 Å². The lowest BCUT2D eigenvalue weighted by Gasteiger charge is -2.20. The highest BCUT2D eigenvalue weighted by Crippen LogP contribution is 2.30. The second-order valence-corrected chi connectivity index (χ2v) is 7.01. The molecule has 0 amide bonds. The van der Waals surface area contributed by atoms with E-state index in [0.29, 0.717) is 5.92 Å². The van der Waals surface area contributed by atoms with E-state index in [1.807, 2.05) is 12.1 Å². The van der Waals surface area contributed by atoms with Gasteiger partial charge in [0.2, 0.25) is 0 Å². The first-order chi connectivity index (χ1) is 7.90. The number of hydrogen-bond donors (Lipinski definition) is 1. The van der Waals surface area contributed by atoms with Crippen LogP contribution >= 0.6 is 31.9 Å². The molecule has 0 spiro atoms. The van der Waals surface area contributed by atoms with Crippen molar-refractivity contribution in [3.63, 3.8) is 0 Å². The van der Waals surface area contributed by atoms with Gasteiger partial charge in [0.15, 0.2) is 0 Å². The average Bonchev–Trinajstić information content (AvgIpc) is 2.20. The monoisotopic (exact) mass is 361 g/mol. The molecule has 0 radical (unpaired) electrons. The van der Waals surface area contributed by atoms with Gasteiger partial charge in [-0.3, -0.25) is 0 Å². The maximum absolute atomic E-state index is 6.29. The van der Waals surface area contributed by atoms with Crippen molar-refractivity contribution in [3.8, 4) is 0 Å². The van der Waals surface area contributed by atoms with Gasteiger partial charge >= 0.3 is 0 Å². The Hall–Kier alpha value is 0.140. The highest BCUT2D eigenvalue weighted by atomic mass is 79.9. The largest absolute Gasteiger partial charge is 0.324 e. The molecule has 3 heteroatoms. The minimum atomic E-state index is 0.107. The molecule has 0 aliphatic carbocycles. The molecule has 0 fully saturated rings. The van der Waals surface area contributed by atoms with Gasteiger partial charge in [-0.1, -0.05) is 52.6 Å². The van der Waals surface area contributed by atoms with Crippen LogP contribution in [-0.4, -0.2) is 0 Å². The van der Waals surface area contributed by atoms with Crippen molar-refractivity contribution in [2.75, 3.05) is 0 Å². The fourth-order valence-corrected chi connectivity index (χ4v) is 3.18. The Kier molecular flexibility index (Phi) is 6.18. The summed E-state index contributed by atoms with van der Waals surface area (Å²) in [6.45, 7) is 6.81. The van der Waals surface area contributed by atoms with Gasteiger partial charge in [-0.2, -0.15) is 0 Å². The fourth-order valence-electron chi connectivity index (χ4n) is 2.26. The van der Waals surface area contributed by atoms with Crippen molar-refractivity contribution >= 4 is 31.9 Å². The molecular formula is C14H21Br2N. The first kappa shape index (κ1) is 15.2. The molecule has 0 heterocycles. The van der Waals surface area contributed by atoms with E-state index in [4.69, 9.17) is 5.73 Å². The maximum atomic E-state index is 6.29. The van der Waals surface area contributed by atoms with Crippen LogP contribution in [0.25, 0.3) is 0 Å². The molecular weight excluding hydrogens is 342 g/mol. The second-order valence-electron chi connectivity index (χ2n) is 5.24. The number of rotatable bonds is 5. The van der Waals surface area contributed by atoms with E-state index in [-0.39, 0.29) is 6.04 Å². The van der Waals surface area contributed by atoms with Gasteiger partial charge in [0, 0.05) is 15.0 Å². The molecule has 0 saturated carbocycles. The molecule has 96 valence electrons. The predicted octanol–water partition coefficient (Wildman–Crippen LogP) is 5.28. The normalized spacial score (nSPS) is 15.0. The Balaban J connectivity index is 2.69. The summed E-state index contributed by atoms with van der Waals surface area (Å²) >= 11 is 7.07. The van der Waals surface area contributed by atoms with Gasteiger partial charge in [-0.25, -0.2) is 0 Å². The predicted molar refractivity (Wildman–Crippen MR) is 82.0 cm³/mol. The summed E-state index contributed by atoms with van der Waals surface area (Å²) in [7, 11) is 0. The van der Waals surface area contributed by atoms with E-state index in [1.165, 1.54) is 12.0 Å². The lowest BCUT2D eigenvalue weighted by Crippen LogP contribution is -2.15. The smallest absolute Gasteiger partial charge is 0.0309 e. The third kappa shape index (κ3) is 5.11. The van der Waals surface area contributed by atoms with Crippen molar-refractivity contribution in [3.05, 3.63) is 32.7 Å². The fraction of sp³-hybridized carbons (Fsp3) is 0.571. The standard InChI is InChI=1S/C14H21Br2N/c1-9(2)6-10(3)7-14(17)12-8-11(15)4-5-13(12)16/h4-5,8-10,14H,6-7,17H2,1-3H3. The van der Waals surface area contributed by atoms with Gasteiger partial charge < -0.3 is 5.73 Å².